The first-order valence-electron chi connectivity index (χ1n) is 13.0. The van der Waals surface area contributed by atoms with Crippen LogP contribution in [0.15, 0.2) is 42.0 Å². The molecule has 1 aromatic carbocycles. The lowest BCUT2D eigenvalue weighted by molar-refractivity contribution is -0.166. The normalized spacial score (nSPS) is 32.9. The summed E-state index contributed by atoms with van der Waals surface area (Å²) < 4.78 is 29.7. The molecule has 0 aromatic heterocycles. The van der Waals surface area contributed by atoms with Crippen LogP contribution in [0, 0.1) is 5.92 Å². The molecule has 1 spiro atoms. The molecule has 1 saturated carbocycles. The van der Waals surface area contributed by atoms with E-state index in [0.717, 1.165) is 37.0 Å². The van der Waals surface area contributed by atoms with Gasteiger partial charge in [-0.1, -0.05) is 23.8 Å². The van der Waals surface area contributed by atoms with E-state index in [0.29, 0.717) is 19.6 Å². The molecule has 3 fully saturated rings. The van der Waals surface area contributed by atoms with Crippen molar-refractivity contribution in [3.05, 3.63) is 47.6 Å². The van der Waals surface area contributed by atoms with Gasteiger partial charge in [0, 0.05) is 19.8 Å². The second kappa shape index (κ2) is 11.5. The molecule has 3 aliphatic rings. The SMILES string of the molecule is CO[C@@H]1[C@H](OC(=O)C=Cc2ccc(OCCCCO)cc2)CC[C@]2(CO2)[C@H]1[C@@]1(C)O[C@@H]1CC=C(C)C. The summed E-state index contributed by atoms with van der Waals surface area (Å²) in [5, 5.41) is 8.84. The van der Waals surface area contributed by atoms with Gasteiger partial charge in [-0.3, -0.25) is 0 Å². The quantitative estimate of drug-likeness (QED) is 0.149. The van der Waals surface area contributed by atoms with Gasteiger partial charge in [0.2, 0.25) is 0 Å². The van der Waals surface area contributed by atoms with Gasteiger partial charge in [0.1, 0.15) is 29.2 Å². The Bertz CT molecular complexity index is 945. The number of carbonyl (C=O) groups is 1. The second-order valence-corrected chi connectivity index (χ2v) is 10.5. The third-order valence-electron chi connectivity index (χ3n) is 7.62. The van der Waals surface area contributed by atoms with E-state index in [-0.39, 0.29) is 48.0 Å². The zero-order valence-corrected chi connectivity index (χ0v) is 21.9. The average molecular weight is 501 g/mol. The summed E-state index contributed by atoms with van der Waals surface area (Å²) in [5.41, 5.74) is 1.56. The number of rotatable bonds is 12. The van der Waals surface area contributed by atoms with Gasteiger partial charge in [-0.15, -0.1) is 0 Å². The molecule has 7 nitrogen and oxygen atoms in total. The predicted molar refractivity (Wildman–Crippen MR) is 137 cm³/mol. The molecule has 36 heavy (non-hydrogen) atoms. The maximum Gasteiger partial charge on any atom is 0.331 e. The number of carbonyl (C=O) groups excluding carboxylic acids is 1. The van der Waals surface area contributed by atoms with Crippen LogP contribution < -0.4 is 4.74 Å². The molecular weight excluding hydrogens is 460 g/mol. The van der Waals surface area contributed by atoms with E-state index in [2.05, 4.69) is 26.8 Å². The van der Waals surface area contributed by atoms with E-state index in [1.165, 1.54) is 11.6 Å². The van der Waals surface area contributed by atoms with Crippen molar-refractivity contribution in [3.8, 4) is 5.75 Å². The first-order chi connectivity index (χ1) is 17.3. The van der Waals surface area contributed by atoms with Gasteiger partial charge in [-0.25, -0.2) is 4.79 Å². The smallest absolute Gasteiger partial charge is 0.331 e. The Morgan fingerprint density at radius 1 is 1.22 bits per heavy atom. The van der Waals surface area contributed by atoms with Crippen molar-refractivity contribution in [1.29, 1.82) is 0 Å². The number of allylic oxidation sites excluding steroid dienone is 1. The molecule has 0 radical (unpaired) electrons. The van der Waals surface area contributed by atoms with Crippen LogP contribution in [0.3, 0.4) is 0 Å². The highest BCUT2D eigenvalue weighted by molar-refractivity contribution is 5.87. The highest BCUT2D eigenvalue weighted by Crippen LogP contribution is 2.59. The van der Waals surface area contributed by atoms with Crippen molar-refractivity contribution >= 4 is 12.0 Å². The Balaban J connectivity index is 1.35. The Hall–Kier alpha value is -2.19. The Morgan fingerprint density at radius 3 is 2.61 bits per heavy atom. The topological polar surface area (TPSA) is 90.1 Å². The van der Waals surface area contributed by atoms with Gasteiger partial charge in [0.05, 0.1) is 25.2 Å². The molecule has 6 atom stereocenters. The van der Waals surface area contributed by atoms with Crippen LogP contribution in [0.2, 0.25) is 0 Å². The van der Waals surface area contributed by atoms with Gasteiger partial charge >= 0.3 is 5.97 Å². The number of ether oxygens (including phenoxy) is 5. The monoisotopic (exact) mass is 500 g/mol. The van der Waals surface area contributed by atoms with Crippen molar-refractivity contribution in [2.24, 2.45) is 5.92 Å². The Labute approximate surface area is 214 Å². The summed E-state index contributed by atoms with van der Waals surface area (Å²) in [6.07, 6.45) is 8.81. The highest BCUT2D eigenvalue weighted by atomic mass is 16.6. The maximum atomic E-state index is 12.7. The number of benzene rings is 1. The van der Waals surface area contributed by atoms with Crippen molar-refractivity contribution in [2.75, 3.05) is 26.9 Å². The number of epoxide rings is 2. The lowest BCUT2D eigenvalue weighted by Gasteiger charge is -2.42. The standard InChI is InChI=1S/C29H40O7/c1-20(2)7-13-24-28(3,36-24)27-26(32-4)23(15-16-29(27)19-34-29)35-25(31)14-10-21-8-11-22(12-9-21)33-18-6-5-17-30/h7-12,14,23-24,26-27,30H,5-6,13,15-19H2,1-4H3/t23-,24-,26-,27-,28+,29+/m1/s1. The molecule has 7 heteroatoms. The largest absolute Gasteiger partial charge is 0.494 e. The van der Waals surface area contributed by atoms with E-state index in [1.54, 1.807) is 13.2 Å². The molecule has 2 heterocycles. The van der Waals surface area contributed by atoms with Crippen molar-refractivity contribution < 1.29 is 33.6 Å². The van der Waals surface area contributed by atoms with Gasteiger partial charge in [0.15, 0.2) is 0 Å². The van der Waals surface area contributed by atoms with E-state index in [9.17, 15) is 4.79 Å². The highest BCUT2D eigenvalue weighted by Gasteiger charge is 2.72. The molecule has 0 bridgehead atoms. The van der Waals surface area contributed by atoms with Gasteiger partial charge in [0.25, 0.3) is 0 Å². The summed E-state index contributed by atoms with van der Waals surface area (Å²) in [4.78, 5) is 12.7. The Kier molecular flexibility index (Phi) is 8.56. The molecule has 2 saturated heterocycles. The van der Waals surface area contributed by atoms with Gasteiger partial charge in [-0.2, -0.15) is 0 Å². The molecule has 198 valence electrons. The van der Waals surface area contributed by atoms with Crippen LogP contribution in [-0.4, -0.2) is 67.5 Å². The third kappa shape index (κ3) is 6.20. The summed E-state index contributed by atoms with van der Waals surface area (Å²) in [7, 11) is 1.68. The fraction of sp³-hybridized carbons (Fsp3) is 0.621. The van der Waals surface area contributed by atoms with Crippen molar-refractivity contribution in [3.63, 3.8) is 0 Å². The fourth-order valence-electron chi connectivity index (χ4n) is 5.50. The number of unbranched alkanes of at least 4 members (excludes halogenated alkanes) is 1. The molecule has 0 amide bonds. The molecule has 0 unspecified atom stereocenters. The number of hydrogen-bond acceptors (Lipinski definition) is 7. The van der Waals surface area contributed by atoms with Crippen molar-refractivity contribution in [1.82, 2.24) is 0 Å². The zero-order chi connectivity index (χ0) is 25.8. The number of aliphatic hydroxyl groups is 1. The van der Waals surface area contributed by atoms with Crippen molar-refractivity contribution in [2.45, 2.75) is 82.4 Å². The first kappa shape index (κ1) is 26.9. The minimum Gasteiger partial charge on any atom is -0.494 e. The molecule has 2 aliphatic heterocycles. The average Bonchev–Trinajstić information content (AvgIpc) is 3.78. The number of hydrogen-bond donors (Lipinski definition) is 1. The molecular formula is C29H40O7. The van der Waals surface area contributed by atoms with Crippen LogP contribution >= 0.6 is 0 Å². The minimum atomic E-state index is -0.388. The molecule has 1 aromatic rings. The summed E-state index contributed by atoms with van der Waals surface area (Å²) in [6, 6.07) is 7.53. The van der Waals surface area contributed by atoms with Gasteiger partial charge in [-0.05, 0) is 76.6 Å². The summed E-state index contributed by atoms with van der Waals surface area (Å²) in [5.74, 6) is 0.380. The molecule has 1 N–H and O–H groups in total. The van der Waals surface area contributed by atoms with E-state index in [4.69, 9.17) is 28.8 Å². The summed E-state index contributed by atoms with van der Waals surface area (Å²) >= 11 is 0. The van der Waals surface area contributed by atoms with E-state index in [1.807, 2.05) is 24.3 Å². The number of methoxy groups -OCH3 is 1. The maximum absolute atomic E-state index is 12.7. The minimum absolute atomic E-state index is 0.00557. The number of aliphatic hydroxyl groups excluding tert-OH is 1. The van der Waals surface area contributed by atoms with Crippen LogP contribution in [-0.2, 0) is 23.7 Å². The van der Waals surface area contributed by atoms with Crippen LogP contribution in [0.4, 0.5) is 0 Å². The van der Waals surface area contributed by atoms with E-state index >= 15 is 0 Å². The van der Waals surface area contributed by atoms with E-state index < -0.39 is 0 Å². The van der Waals surface area contributed by atoms with Crippen LogP contribution in [0.25, 0.3) is 6.08 Å². The summed E-state index contributed by atoms with van der Waals surface area (Å²) in [6.45, 7) is 7.77. The molecule has 1 aliphatic carbocycles. The van der Waals surface area contributed by atoms with Crippen LogP contribution in [0.5, 0.6) is 5.75 Å². The fourth-order valence-corrected chi connectivity index (χ4v) is 5.50. The lowest BCUT2D eigenvalue weighted by atomic mass is 9.68. The first-order valence-corrected chi connectivity index (χ1v) is 13.0. The third-order valence-corrected chi connectivity index (χ3v) is 7.62. The second-order valence-electron chi connectivity index (χ2n) is 10.5. The Morgan fingerprint density at radius 2 is 1.97 bits per heavy atom. The van der Waals surface area contributed by atoms with Crippen LogP contribution in [0.1, 0.15) is 58.4 Å². The lowest BCUT2D eigenvalue weighted by Crippen LogP contribution is -2.55. The predicted octanol–water partition coefficient (Wildman–Crippen LogP) is 4.47. The van der Waals surface area contributed by atoms with Gasteiger partial charge < -0.3 is 28.8 Å². The number of esters is 1. The molecule has 4 rings (SSSR count). The zero-order valence-electron chi connectivity index (χ0n) is 21.9.